The second kappa shape index (κ2) is 4.49. The van der Waals surface area contributed by atoms with Crippen molar-refractivity contribution in [2.75, 3.05) is 11.1 Å². The number of hydrogen-bond acceptors (Lipinski definition) is 2. The van der Waals surface area contributed by atoms with Gasteiger partial charge in [-0.3, -0.25) is 0 Å². The quantitative estimate of drug-likeness (QED) is 0.764. The Balaban J connectivity index is 2.09. The standard InChI is InChI=1S/C16H26N2/c1-15(2)9-14(10-16(3,4)11-15)18-13-7-5-6-12(17)8-13/h5-8,14,18H,9-11,17H2,1-4H3. The summed E-state index contributed by atoms with van der Waals surface area (Å²) in [7, 11) is 0. The van der Waals surface area contributed by atoms with Crippen LogP contribution in [0.1, 0.15) is 47.0 Å². The van der Waals surface area contributed by atoms with Gasteiger partial charge in [-0.2, -0.15) is 0 Å². The molecule has 1 aromatic rings. The third-order valence-corrected chi connectivity index (χ3v) is 3.81. The lowest BCUT2D eigenvalue weighted by atomic mass is 9.63. The van der Waals surface area contributed by atoms with E-state index in [0.29, 0.717) is 16.9 Å². The summed E-state index contributed by atoms with van der Waals surface area (Å²) in [6.07, 6.45) is 3.76. The SMILES string of the molecule is CC1(C)CC(Nc2cccc(N)c2)CC(C)(C)C1. The van der Waals surface area contributed by atoms with Crippen molar-refractivity contribution in [3.8, 4) is 0 Å². The smallest absolute Gasteiger partial charge is 0.0362 e. The molecule has 0 aliphatic heterocycles. The Labute approximate surface area is 111 Å². The van der Waals surface area contributed by atoms with Crippen LogP contribution < -0.4 is 11.1 Å². The first kappa shape index (κ1) is 13.3. The van der Waals surface area contributed by atoms with Crippen LogP contribution in [0.25, 0.3) is 0 Å². The molecule has 0 saturated heterocycles. The third kappa shape index (κ3) is 3.41. The van der Waals surface area contributed by atoms with E-state index in [1.54, 1.807) is 0 Å². The number of anilines is 2. The van der Waals surface area contributed by atoms with Crippen LogP contribution in [0, 0.1) is 10.8 Å². The molecule has 1 aliphatic carbocycles. The number of nitrogens with one attached hydrogen (secondary N) is 1. The van der Waals surface area contributed by atoms with Crippen LogP contribution in [0.5, 0.6) is 0 Å². The van der Waals surface area contributed by atoms with E-state index in [9.17, 15) is 0 Å². The average molecular weight is 246 g/mol. The summed E-state index contributed by atoms with van der Waals surface area (Å²) in [5, 5.41) is 3.65. The fraction of sp³-hybridized carbons (Fsp3) is 0.625. The predicted molar refractivity (Wildman–Crippen MR) is 79.7 cm³/mol. The molecular formula is C16H26N2. The first-order chi connectivity index (χ1) is 8.26. The van der Waals surface area contributed by atoms with Crippen LogP contribution in [0.15, 0.2) is 24.3 Å². The molecule has 0 amide bonds. The van der Waals surface area contributed by atoms with Gasteiger partial charge in [0.05, 0.1) is 0 Å². The fourth-order valence-electron chi connectivity index (χ4n) is 3.81. The first-order valence-electron chi connectivity index (χ1n) is 6.88. The molecule has 0 bridgehead atoms. The molecular weight excluding hydrogens is 220 g/mol. The molecule has 3 N–H and O–H groups in total. The summed E-state index contributed by atoms with van der Waals surface area (Å²) in [6.45, 7) is 9.51. The number of rotatable bonds is 2. The van der Waals surface area contributed by atoms with Gasteiger partial charge in [0.15, 0.2) is 0 Å². The maximum atomic E-state index is 5.83. The van der Waals surface area contributed by atoms with Crippen molar-refractivity contribution in [1.82, 2.24) is 0 Å². The van der Waals surface area contributed by atoms with Gasteiger partial charge in [0.25, 0.3) is 0 Å². The summed E-state index contributed by atoms with van der Waals surface area (Å²) >= 11 is 0. The molecule has 1 aliphatic rings. The van der Waals surface area contributed by atoms with E-state index in [1.807, 2.05) is 18.2 Å². The van der Waals surface area contributed by atoms with E-state index in [2.05, 4.69) is 39.1 Å². The van der Waals surface area contributed by atoms with Crippen molar-refractivity contribution in [2.45, 2.75) is 53.0 Å². The van der Waals surface area contributed by atoms with Gasteiger partial charge in [0.2, 0.25) is 0 Å². The number of nitrogen functional groups attached to an aromatic ring is 1. The van der Waals surface area contributed by atoms with Crippen molar-refractivity contribution in [3.63, 3.8) is 0 Å². The minimum atomic E-state index is 0.416. The molecule has 2 rings (SSSR count). The summed E-state index contributed by atoms with van der Waals surface area (Å²) in [6, 6.07) is 8.61. The van der Waals surface area contributed by atoms with E-state index in [4.69, 9.17) is 5.73 Å². The Kier molecular flexibility index (Phi) is 3.31. The Bertz CT molecular complexity index is 405. The molecule has 0 heterocycles. The second-order valence-corrected chi connectivity index (χ2v) is 7.38. The molecule has 100 valence electrons. The van der Waals surface area contributed by atoms with Crippen LogP contribution in [0.4, 0.5) is 11.4 Å². The van der Waals surface area contributed by atoms with Gasteiger partial charge < -0.3 is 11.1 Å². The lowest BCUT2D eigenvalue weighted by Gasteiger charge is -2.45. The maximum absolute atomic E-state index is 5.83. The van der Waals surface area contributed by atoms with Crippen LogP contribution in [-0.4, -0.2) is 6.04 Å². The molecule has 2 heteroatoms. The highest BCUT2D eigenvalue weighted by Gasteiger charge is 2.38. The highest BCUT2D eigenvalue weighted by atomic mass is 14.9. The molecule has 2 nitrogen and oxygen atoms in total. The Morgan fingerprint density at radius 1 is 1.11 bits per heavy atom. The van der Waals surface area contributed by atoms with Gasteiger partial charge in [0.1, 0.15) is 0 Å². The Morgan fingerprint density at radius 2 is 1.72 bits per heavy atom. The van der Waals surface area contributed by atoms with Gasteiger partial charge in [0, 0.05) is 17.4 Å². The third-order valence-electron chi connectivity index (χ3n) is 3.81. The van der Waals surface area contributed by atoms with Gasteiger partial charge in [-0.05, 0) is 48.3 Å². The topological polar surface area (TPSA) is 38.0 Å². The monoisotopic (exact) mass is 246 g/mol. The summed E-state index contributed by atoms with van der Waals surface area (Å²) in [4.78, 5) is 0. The Morgan fingerprint density at radius 3 is 2.28 bits per heavy atom. The van der Waals surface area contributed by atoms with Gasteiger partial charge in [-0.15, -0.1) is 0 Å². The molecule has 0 spiro atoms. The van der Waals surface area contributed by atoms with E-state index >= 15 is 0 Å². The normalized spacial score (nSPS) is 22.7. The Hall–Kier alpha value is -1.18. The van der Waals surface area contributed by atoms with Crippen LogP contribution in [0.2, 0.25) is 0 Å². The van der Waals surface area contributed by atoms with E-state index in [-0.39, 0.29) is 0 Å². The number of benzene rings is 1. The predicted octanol–water partition coefficient (Wildman–Crippen LogP) is 4.29. The fourth-order valence-corrected chi connectivity index (χ4v) is 3.81. The minimum Gasteiger partial charge on any atom is -0.399 e. The first-order valence-corrected chi connectivity index (χ1v) is 6.88. The average Bonchev–Trinajstić information content (AvgIpc) is 2.11. The molecule has 1 saturated carbocycles. The van der Waals surface area contributed by atoms with Crippen molar-refractivity contribution in [1.29, 1.82) is 0 Å². The summed E-state index contributed by atoms with van der Waals surface area (Å²) in [5.74, 6) is 0. The van der Waals surface area contributed by atoms with E-state index in [0.717, 1.165) is 11.4 Å². The minimum absolute atomic E-state index is 0.416. The van der Waals surface area contributed by atoms with Crippen molar-refractivity contribution >= 4 is 11.4 Å². The van der Waals surface area contributed by atoms with E-state index < -0.39 is 0 Å². The molecule has 1 fully saturated rings. The van der Waals surface area contributed by atoms with Crippen molar-refractivity contribution in [2.24, 2.45) is 10.8 Å². The highest BCUT2D eigenvalue weighted by Crippen LogP contribution is 2.46. The van der Waals surface area contributed by atoms with Gasteiger partial charge in [-0.25, -0.2) is 0 Å². The van der Waals surface area contributed by atoms with Gasteiger partial charge in [-0.1, -0.05) is 33.8 Å². The zero-order chi connectivity index (χ0) is 13.4. The highest BCUT2D eigenvalue weighted by molar-refractivity contribution is 5.54. The molecule has 0 unspecified atom stereocenters. The molecule has 0 aromatic heterocycles. The maximum Gasteiger partial charge on any atom is 0.0362 e. The lowest BCUT2D eigenvalue weighted by molar-refractivity contribution is 0.105. The van der Waals surface area contributed by atoms with E-state index in [1.165, 1.54) is 19.3 Å². The molecule has 0 atom stereocenters. The van der Waals surface area contributed by atoms with Crippen LogP contribution in [-0.2, 0) is 0 Å². The summed E-state index contributed by atoms with van der Waals surface area (Å²) < 4.78 is 0. The number of nitrogens with two attached hydrogens (primary N) is 1. The molecule has 18 heavy (non-hydrogen) atoms. The number of hydrogen-bond donors (Lipinski definition) is 2. The van der Waals surface area contributed by atoms with Crippen LogP contribution in [0.3, 0.4) is 0 Å². The zero-order valence-corrected chi connectivity index (χ0v) is 12.1. The summed E-state index contributed by atoms with van der Waals surface area (Å²) in [5.41, 5.74) is 8.64. The van der Waals surface area contributed by atoms with Crippen molar-refractivity contribution < 1.29 is 0 Å². The van der Waals surface area contributed by atoms with Crippen LogP contribution >= 0.6 is 0 Å². The second-order valence-electron chi connectivity index (χ2n) is 7.38. The van der Waals surface area contributed by atoms with Crippen molar-refractivity contribution in [3.05, 3.63) is 24.3 Å². The van der Waals surface area contributed by atoms with Gasteiger partial charge >= 0.3 is 0 Å². The molecule has 1 aromatic carbocycles. The molecule has 0 radical (unpaired) electrons. The lowest BCUT2D eigenvalue weighted by Crippen LogP contribution is -2.40. The zero-order valence-electron chi connectivity index (χ0n) is 12.1. The largest absolute Gasteiger partial charge is 0.399 e.